The minimum absolute atomic E-state index is 0.0575. The highest BCUT2D eigenvalue weighted by Gasteiger charge is 2.68. The van der Waals surface area contributed by atoms with Crippen LogP contribution in [-0.4, -0.2) is 122 Å². The number of methoxy groups -OCH3 is 1. The highest BCUT2D eigenvalue weighted by atomic mass is 16.5. The van der Waals surface area contributed by atoms with E-state index in [1.807, 2.05) is 30.0 Å². The molecule has 1 N–H and O–H groups in total. The zero-order chi connectivity index (χ0) is 35.1. The molecule has 5 aliphatic rings. The summed E-state index contributed by atoms with van der Waals surface area (Å²) in [6.07, 6.45) is 4.25. The molecule has 6 rings (SSSR count). The van der Waals surface area contributed by atoms with Crippen molar-refractivity contribution in [1.82, 2.24) is 14.7 Å². The number of ether oxygens (including phenoxy) is 2. The van der Waals surface area contributed by atoms with Crippen LogP contribution < -0.4 is 9.64 Å². The number of carbonyl (C=O) groups excluding carboxylic acids is 3. The molecule has 49 heavy (non-hydrogen) atoms. The first kappa shape index (κ1) is 35.9. The van der Waals surface area contributed by atoms with E-state index >= 15 is 0 Å². The molecule has 2 heterocycles. The Morgan fingerprint density at radius 3 is 2.35 bits per heavy atom. The van der Waals surface area contributed by atoms with Gasteiger partial charge in [0.15, 0.2) is 0 Å². The summed E-state index contributed by atoms with van der Waals surface area (Å²) in [5.41, 5.74) is -0.330. The van der Waals surface area contributed by atoms with Gasteiger partial charge in [0.1, 0.15) is 17.6 Å². The van der Waals surface area contributed by atoms with Crippen LogP contribution in [0.2, 0.25) is 0 Å². The number of aliphatic hydroxyl groups excluding tert-OH is 1. The average molecular weight is 679 g/mol. The maximum absolute atomic E-state index is 13.7. The monoisotopic (exact) mass is 678 g/mol. The Kier molecular flexibility index (Phi) is 10.2. The van der Waals surface area contributed by atoms with Crippen LogP contribution in [0.1, 0.15) is 59.8 Å². The number of ketones is 1. The zero-order valence-electron chi connectivity index (χ0n) is 30.4. The zero-order valence-corrected chi connectivity index (χ0v) is 30.4. The number of amides is 1. The number of nitrogens with zero attached hydrogens (tertiary/aromatic N) is 4. The van der Waals surface area contributed by atoms with Gasteiger partial charge in [0.25, 0.3) is 0 Å². The van der Waals surface area contributed by atoms with E-state index in [0.29, 0.717) is 45.6 Å². The van der Waals surface area contributed by atoms with E-state index in [1.54, 1.807) is 7.11 Å². The summed E-state index contributed by atoms with van der Waals surface area (Å²) in [6.45, 7) is 18.9. The van der Waals surface area contributed by atoms with Gasteiger partial charge >= 0.3 is 5.97 Å². The number of aliphatic hydroxyl groups is 1. The Morgan fingerprint density at radius 2 is 1.67 bits per heavy atom. The first-order valence-electron chi connectivity index (χ1n) is 18.5. The lowest BCUT2D eigenvalue weighted by molar-refractivity contribution is -0.207. The van der Waals surface area contributed by atoms with E-state index < -0.39 is 23.0 Å². The molecule has 2 aliphatic heterocycles. The van der Waals surface area contributed by atoms with Gasteiger partial charge < -0.3 is 24.4 Å². The number of piperazine rings is 2. The van der Waals surface area contributed by atoms with E-state index in [0.717, 1.165) is 56.9 Å². The van der Waals surface area contributed by atoms with Crippen molar-refractivity contribution < 1.29 is 29.0 Å². The SMILES string of the molecule is C=C[C@]1(C)C[C@@H](OC(=O)CN2CCN(C(=O)CN3CCN(c4cccc(OC)c4)CC3)CC2)[C@]2(C)[C@H](C)CC[C@]3(CCC(=O)[C@H]32)[C@@H](C)[C@@H]1O. The van der Waals surface area contributed by atoms with Gasteiger partial charge in [-0.05, 0) is 55.1 Å². The van der Waals surface area contributed by atoms with Crippen LogP contribution in [0.15, 0.2) is 36.9 Å². The molecule has 0 spiro atoms. The van der Waals surface area contributed by atoms with Crippen molar-refractivity contribution in [1.29, 1.82) is 0 Å². The second-order valence-corrected chi connectivity index (χ2v) is 16.2. The quantitative estimate of drug-likeness (QED) is 0.325. The fourth-order valence-electron chi connectivity index (χ4n) is 10.3. The van der Waals surface area contributed by atoms with Gasteiger partial charge in [0.2, 0.25) is 5.91 Å². The molecule has 1 amide bonds. The lowest BCUT2D eigenvalue weighted by Crippen LogP contribution is -2.63. The Balaban J connectivity index is 1.04. The number of Topliss-reactive ketones (excluding diaryl/α,β-unsaturated/α-hetero) is 1. The van der Waals surface area contributed by atoms with Crippen molar-refractivity contribution in [2.75, 3.05) is 77.5 Å². The molecule has 0 unspecified atom stereocenters. The molecule has 1 aromatic rings. The molecule has 10 nitrogen and oxygen atoms in total. The van der Waals surface area contributed by atoms with Gasteiger partial charge in [-0.3, -0.25) is 24.2 Å². The molecule has 3 aliphatic carbocycles. The van der Waals surface area contributed by atoms with Crippen molar-refractivity contribution in [3.05, 3.63) is 36.9 Å². The van der Waals surface area contributed by atoms with Crippen LogP contribution in [0.5, 0.6) is 5.75 Å². The van der Waals surface area contributed by atoms with Crippen LogP contribution in [0.25, 0.3) is 0 Å². The van der Waals surface area contributed by atoms with E-state index in [2.05, 4.69) is 54.2 Å². The fraction of sp³-hybridized carbons (Fsp3) is 0.718. The third-order valence-electron chi connectivity index (χ3n) is 13.8. The molecule has 2 bridgehead atoms. The van der Waals surface area contributed by atoms with Gasteiger partial charge in [0.05, 0.1) is 26.3 Å². The van der Waals surface area contributed by atoms with E-state index in [1.165, 1.54) is 0 Å². The summed E-state index contributed by atoms with van der Waals surface area (Å²) in [5, 5.41) is 11.8. The number of rotatable bonds is 8. The predicted octanol–water partition coefficient (Wildman–Crippen LogP) is 3.87. The fourth-order valence-corrected chi connectivity index (χ4v) is 10.3. The minimum atomic E-state index is -0.681. The molecule has 8 atom stereocenters. The highest BCUT2D eigenvalue weighted by molar-refractivity contribution is 5.86. The number of anilines is 1. The maximum Gasteiger partial charge on any atom is 0.320 e. The summed E-state index contributed by atoms with van der Waals surface area (Å²) in [4.78, 5) is 49.2. The Morgan fingerprint density at radius 1 is 1.00 bits per heavy atom. The largest absolute Gasteiger partial charge is 0.497 e. The van der Waals surface area contributed by atoms with Crippen LogP contribution in [0, 0.1) is 34.0 Å². The van der Waals surface area contributed by atoms with Crippen LogP contribution in [0.4, 0.5) is 5.69 Å². The smallest absolute Gasteiger partial charge is 0.320 e. The number of benzene rings is 1. The highest BCUT2D eigenvalue weighted by Crippen LogP contribution is 2.68. The number of carbonyl (C=O) groups is 3. The number of hydrogen-bond acceptors (Lipinski definition) is 9. The third kappa shape index (κ3) is 6.53. The van der Waals surface area contributed by atoms with Crippen molar-refractivity contribution in [2.24, 2.45) is 34.0 Å². The Bertz CT molecular complexity index is 1410. The molecular formula is C39H58N4O6. The lowest BCUT2D eigenvalue weighted by atomic mass is 9.44. The molecular weight excluding hydrogens is 620 g/mol. The molecule has 5 fully saturated rings. The molecule has 1 aromatic carbocycles. The second kappa shape index (κ2) is 14.0. The first-order valence-corrected chi connectivity index (χ1v) is 18.5. The Labute approximate surface area is 292 Å². The Hall–Kier alpha value is -2.95. The third-order valence-corrected chi connectivity index (χ3v) is 13.8. The average Bonchev–Trinajstić information content (AvgIpc) is 3.46. The molecule has 270 valence electrons. The van der Waals surface area contributed by atoms with Crippen molar-refractivity contribution in [3.63, 3.8) is 0 Å². The summed E-state index contributed by atoms with van der Waals surface area (Å²) in [6, 6.07) is 8.10. The topological polar surface area (TPSA) is 103 Å². The van der Waals surface area contributed by atoms with Crippen LogP contribution in [0.3, 0.4) is 0 Å². The maximum atomic E-state index is 13.7. The van der Waals surface area contributed by atoms with Crippen molar-refractivity contribution in [2.45, 2.75) is 72.0 Å². The number of hydrogen-bond donors (Lipinski definition) is 1. The van der Waals surface area contributed by atoms with E-state index in [4.69, 9.17) is 9.47 Å². The normalized spacial score (nSPS) is 37.2. The second-order valence-electron chi connectivity index (χ2n) is 16.2. The van der Waals surface area contributed by atoms with Crippen molar-refractivity contribution >= 4 is 23.3 Å². The summed E-state index contributed by atoms with van der Waals surface area (Å²) < 4.78 is 11.8. The minimum Gasteiger partial charge on any atom is -0.497 e. The first-order chi connectivity index (χ1) is 23.3. The molecule has 3 saturated carbocycles. The van der Waals surface area contributed by atoms with E-state index in [9.17, 15) is 19.5 Å². The summed E-state index contributed by atoms with van der Waals surface area (Å²) in [7, 11) is 1.68. The van der Waals surface area contributed by atoms with Crippen LogP contribution in [-0.2, 0) is 19.1 Å². The summed E-state index contributed by atoms with van der Waals surface area (Å²) in [5.74, 6) is 0.836. The summed E-state index contributed by atoms with van der Waals surface area (Å²) >= 11 is 0. The molecule has 10 heteroatoms. The predicted molar refractivity (Wildman–Crippen MR) is 189 cm³/mol. The van der Waals surface area contributed by atoms with Crippen LogP contribution >= 0.6 is 0 Å². The van der Waals surface area contributed by atoms with Gasteiger partial charge in [-0.15, -0.1) is 6.58 Å². The van der Waals surface area contributed by atoms with Gasteiger partial charge in [-0.1, -0.05) is 39.8 Å². The van der Waals surface area contributed by atoms with Gasteiger partial charge in [0, 0.05) is 87.3 Å². The van der Waals surface area contributed by atoms with Crippen molar-refractivity contribution in [3.8, 4) is 5.75 Å². The van der Waals surface area contributed by atoms with E-state index in [-0.39, 0.29) is 47.4 Å². The van der Waals surface area contributed by atoms with Gasteiger partial charge in [-0.2, -0.15) is 0 Å². The standard InChI is InChI=1S/C39H58N4O6/c1-7-37(4)24-32(38(5)27(2)11-13-39(28(3)36(37)47)14-12-31(44)35(38)39)49-34(46)26-41-17-21-43(22-18-41)33(45)25-40-15-19-42(20-16-40)29-9-8-10-30(23-29)48-6/h7-10,23,27-28,32,35-36,47H,1,11-22,24-26H2,2-6H3/t27-,28+,32-,35+,36+,37-,38+,39+/m1/s1. The number of esters is 1. The molecule has 0 radical (unpaired) electrons. The lowest BCUT2D eigenvalue weighted by Gasteiger charge is -2.61. The molecule has 2 saturated heterocycles. The van der Waals surface area contributed by atoms with Gasteiger partial charge in [-0.25, -0.2) is 0 Å². The molecule has 0 aromatic heterocycles.